The van der Waals surface area contributed by atoms with Crippen molar-refractivity contribution in [2.45, 2.75) is 33.4 Å². The number of amides is 1. The molecule has 10 heteroatoms. The molecule has 0 aliphatic rings. The zero-order valence-corrected chi connectivity index (χ0v) is 20.8. The number of ether oxygens (including phenoxy) is 2. The maximum absolute atomic E-state index is 13.3. The summed E-state index contributed by atoms with van der Waals surface area (Å²) < 4.78 is 13.5. The highest BCUT2D eigenvalue weighted by molar-refractivity contribution is 5.78. The summed E-state index contributed by atoms with van der Waals surface area (Å²) in [5, 5.41) is 2.84. The van der Waals surface area contributed by atoms with E-state index in [1.165, 1.54) is 17.0 Å². The van der Waals surface area contributed by atoms with Gasteiger partial charge in [0, 0.05) is 18.9 Å². The van der Waals surface area contributed by atoms with Crippen LogP contribution in [0.1, 0.15) is 25.0 Å². The number of carbonyl (C=O) groups excluding carboxylic acids is 1. The quantitative estimate of drug-likeness (QED) is 0.333. The van der Waals surface area contributed by atoms with Gasteiger partial charge in [-0.2, -0.15) is 0 Å². The highest BCUT2D eigenvalue weighted by atomic mass is 16.5. The van der Waals surface area contributed by atoms with Crippen LogP contribution in [0.3, 0.4) is 0 Å². The highest BCUT2D eigenvalue weighted by Crippen LogP contribution is 2.28. The minimum absolute atomic E-state index is 0.0312. The molecular formula is C27H29N5O5. The smallest absolute Gasteiger partial charge is 0.333 e. The van der Waals surface area contributed by atoms with E-state index in [0.717, 1.165) is 15.7 Å². The van der Waals surface area contributed by atoms with Gasteiger partial charge in [-0.1, -0.05) is 36.4 Å². The molecule has 1 amide bonds. The predicted molar refractivity (Wildman–Crippen MR) is 139 cm³/mol. The van der Waals surface area contributed by atoms with Gasteiger partial charge in [-0.3, -0.25) is 18.7 Å². The molecule has 4 aromatic rings. The normalized spacial score (nSPS) is 10.9. The number of nitrogens with one attached hydrogen (secondary N) is 1. The van der Waals surface area contributed by atoms with Crippen molar-refractivity contribution < 1.29 is 14.3 Å². The van der Waals surface area contributed by atoms with Gasteiger partial charge in [0.2, 0.25) is 5.91 Å². The van der Waals surface area contributed by atoms with Gasteiger partial charge < -0.3 is 14.8 Å². The predicted octanol–water partition coefficient (Wildman–Crippen LogP) is 2.16. The third-order valence-corrected chi connectivity index (χ3v) is 5.67. The summed E-state index contributed by atoms with van der Waals surface area (Å²) >= 11 is 0. The van der Waals surface area contributed by atoms with Crippen LogP contribution in [0.4, 0.5) is 0 Å². The Labute approximate surface area is 213 Å². The Morgan fingerprint density at radius 3 is 2.38 bits per heavy atom. The number of carbonyl (C=O) groups is 1. The van der Waals surface area contributed by atoms with E-state index in [0.29, 0.717) is 37.7 Å². The Morgan fingerprint density at radius 1 is 0.892 bits per heavy atom. The SMILES string of the molecule is CCOc1ccc(CCNC(=O)Cn2c(=O)n(Cc3ccccc3)c(=O)c3nccnc32)cc1OCC. The lowest BCUT2D eigenvalue weighted by Gasteiger charge is -2.14. The van der Waals surface area contributed by atoms with Crippen LogP contribution in [0.5, 0.6) is 11.5 Å². The molecule has 0 fully saturated rings. The number of rotatable bonds is 11. The molecule has 2 aromatic heterocycles. The fraction of sp³-hybridized carbons (Fsp3) is 0.296. The maximum atomic E-state index is 13.3. The summed E-state index contributed by atoms with van der Waals surface area (Å²) in [6.07, 6.45) is 3.33. The van der Waals surface area contributed by atoms with Crippen molar-refractivity contribution in [2.75, 3.05) is 19.8 Å². The molecule has 1 N–H and O–H groups in total. The van der Waals surface area contributed by atoms with Gasteiger partial charge in [-0.15, -0.1) is 0 Å². The molecule has 0 saturated heterocycles. The van der Waals surface area contributed by atoms with Crippen LogP contribution >= 0.6 is 0 Å². The average Bonchev–Trinajstić information content (AvgIpc) is 2.91. The van der Waals surface area contributed by atoms with Crippen LogP contribution < -0.4 is 26.0 Å². The molecule has 10 nitrogen and oxygen atoms in total. The summed E-state index contributed by atoms with van der Waals surface area (Å²) in [5.41, 5.74) is 0.687. The second-order valence-electron chi connectivity index (χ2n) is 8.22. The Hall–Kier alpha value is -4.47. The summed E-state index contributed by atoms with van der Waals surface area (Å²) in [6.45, 7) is 4.98. The van der Waals surface area contributed by atoms with Crippen molar-refractivity contribution in [3.05, 3.63) is 92.9 Å². The number of hydrogen-bond donors (Lipinski definition) is 1. The fourth-order valence-electron chi connectivity index (χ4n) is 3.97. The third-order valence-electron chi connectivity index (χ3n) is 5.67. The fourth-order valence-corrected chi connectivity index (χ4v) is 3.97. The molecule has 0 aliphatic carbocycles. The number of benzene rings is 2. The van der Waals surface area contributed by atoms with Crippen molar-refractivity contribution >= 4 is 17.1 Å². The molecule has 4 rings (SSSR count). The first kappa shape index (κ1) is 25.6. The van der Waals surface area contributed by atoms with E-state index in [4.69, 9.17) is 9.47 Å². The van der Waals surface area contributed by atoms with Crippen LogP contribution in [0, 0.1) is 0 Å². The second-order valence-corrected chi connectivity index (χ2v) is 8.22. The zero-order valence-electron chi connectivity index (χ0n) is 20.8. The molecule has 0 aliphatic heterocycles. The minimum atomic E-state index is -0.620. The molecule has 2 aromatic carbocycles. The number of nitrogens with zero attached hydrogens (tertiary/aromatic N) is 4. The highest BCUT2D eigenvalue weighted by Gasteiger charge is 2.17. The van der Waals surface area contributed by atoms with Crippen LogP contribution in [0.2, 0.25) is 0 Å². The second kappa shape index (κ2) is 12.0. The molecular weight excluding hydrogens is 474 g/mol. The first-order valence-electron chi connectivity index (χ1n) is 12.1. The summed E-state index contributed by atoms with van der Waals surface area (Å²) in [7, 11) is 0. The van der Waals surface area contributed by atoms with Gasteiger partial charge in [-0.25, -0.2) is 14.8 Å². The van der Waals surface area contributed by atoms with Crippen molar-refractivity contribution in [3.8, 4) is 11.5 Å². The standard InChI is InChI=1S/C27H29N5O5/c1-3-36-21-11-10-19(16-22(21)37-4-2)12-13-28-23(33)18-31-25-24(29-14-15-30-25)26(34)32(27(31)35)17-20-8-6-5-7-9-20/h5-11,14-16H,3-4,12-13,17-18H2,1-2H3,(H,28,33). The summed E-state index contributed by atoms with van der Waals surface area (Å²) in [6, 6.07) is 14.8. The van der Waals surface area contributed by atoms with Crippen LogP contribution in [0.15, 0.2) is 70.5 Å². The monoisotopic (exact) mass is 503 g/mol. The molecule has 0 bridgehead atoms. The van der Waals surface area contributed by atoms with Gasteiger partial charge in [0.25, 0.3) is 5.56 Å². The van der Waals surface area contributed by atoms with Gasteiger partial charge in [0.1, 0.15) is 6.54 Å². The van der Waals surface area contributed by atoms with E-state index >= 15 is 0 Å². The lowest BCUT2D eigenvalue weighted by molar-refractivity contribution is -0.121. The molecule has 0 spiro atoms. The zero-order chi connectivity index (χ0) is 26.2. The maximum Gasteiger partial charge on any atom is 0.333 e. The Kier molecular flexibility index (Phi) is 8.29. The first-order valence-corrected chi connectivity index (χ1v) is 12.1. The Balaban J connectivity index is 1.51. The molecule has 0 unspecified atom stereocenters. The molecule has 0 atom stereocenters. The first-order chi connectivity index (χ1) is 18.0. The molecule has 37 heavy (non-hydrogen) atoms. The molecule has 0 saturated carbocycles. The van der Waals surface area contributed by atoms with E-state index in [-0.39, 0.29) is 30.2 Å². The van der Waals surface area contributed by atoms with E-state index in [1.54, 1.807) is 0 Å². The van der Waals surface area contributed by atoms with E-state index in [1.807, 2.05) is 62.4 Å². The van der Waals surface area contributed by atoms with Crippen molar-refractivity contribution in [2.24, 2.45) is 0 Å². The van der Waals surface area contributed by atoms with Gasteiger partial charge in [-0.05, 0) is 43.5 Å². The summed E-state index contributed by atoms with van der Waals surface area (Å²) in [4.78, 5) is 47.4. The molecule has 0 radical (unpaired) electrons. The lowest BCUT2D eigenvalue weighted by Crippen LogP contribution is -2.43. The average molecular weight is 504 g/mol. The van der Waals surface area contributed by atoms with Crippen LogP contribution in [0.25, 0.3) is 11.2 Å². The van der Waals surface area contributed by atoms with Gasteiger partial charge in [0.15, 0.2) is 22.7 Å². The van der Waals surface area contributed by atoms with Crippen molar-refractivity contribution in [3.63, 3.8) is 0 Å². The topological polar surface area (TPSA) is 117 Å². The third kappa shape index (κ3) is 6.03. The lowest BCUT2D eigenvalue weighted by atomic mass is 10.1. The number of fused-ring (bicyclic) bond motifs is 1. The largest absolute Gasteiger partial charge is 0.490 e. The Bertz CT molecular complexity index is 1500. The van der Waals surface area contributed by atoms with E-state index in [9.17, 15) is 14.4 Å². The van der Waals surface area contributed by atoms with Gasteiger partial charge >= 0.3 is 5.69 Å². The molecule has 192 valence electrons. The summed E-state index contributed by atoms with van der Waals surface area (Å²) in [5.74, 6) is 0.954. The van der Waals surface area contributed by atoms with E-state index in [2.05, 4.69) is 15.3 Å². The van der Waals surface area contributed by atoms with Crippen molar-refractivity contribution in [1.29, 1.82) is 0 Å². The Morgan fingerprint density at radius 2 is 1.62 bits per heavy atom. The van der Waals surface area contributed by atoms with Gasteiger partial charge in [0.05, 0.1) is 19.8 Å². The minimum Gasteiger partial charge on any atom is -0.490 e. The molecule has 2 heterocycles. The number of hydrogen-bond acceptors (Lipinski definition) is 7. The van der Waals surface area contributed by atoms with Crippen LogP contribution in [-0.4, -0.2) is 44.8 Å². The number of aromatic nitrogens is 4. The van der Waals surface area contributed by atoms with E-state index < -0.39 is 11.2 Å². The van der Waals surface area contributed by atoms with Crippen molar-refractivity contribution in [1.82, 2.24) is 24.4 Å². The van der Waals surface area contributed by atoms with Crippen LogP contribution in [-0.2, 0) is 24.3 Å².